The third kappa shape index (κ3) is 5.08. The number of rotatable bonds is 6. The standard InChI is InChI=1S/C28H33N7O2/c1-16-4-9-22-21(14-16)17(2)26(37-22)25(23-24(29)28(36)34-33-27(23)30)32-20-7-5-19(6-8-20)31-15-18-10-12-35(3)13-11-18/h4-9,14,18,29,31-32H,10-13,15H2,1-3H3,(H2,30,33)(H,34,36)/b25-23+,29-24?. The van der Waals surface area contributed by atoms with Crippen molar-refractivity contribution in [3.8, 4) is 0 Å². The summed E-state index contributed by atoms with van der Waals surface area (Å²) < 4.78 is 6.24. The summed E-state index contributed by atoms with van der Waals surface area (Å²) in [7, 11) is 2.17. The second-order valence-corrected chi connectivity index (χ2v) is 9.95. The summed E-state index contributed by atoms with van der Waals surface area (Å²) >= 11 is 0. The number of benzene rings is 2. The van der Waals surface area contributed by atoms with Crippen LogP contribution in [0.5, 0.6) is 0 Å². The Hall–Kier alpha value is -4.11. The fourth-order valence-corrected chi connectivity index (χ4v) is 4.87. The first-order valence-corrected chi connectivity index (χ1v) is 12.6. The summed E-state index contributed by atoms with van der Waals surface area (Å²) in [5, 5.41) is 20.2. The molecule has 3 heterocycles. The van der Waals surface area contributed by atoms with E-state index >= 15 is 0 Å². The molecule has 1 fully saturated rings. The molecule has 37 heavy (non-hydrogen) atoms. The molecule has 0 saturated carbocycles. The first-order chi connectivity index (χ1) is 17.8. The van der Waals surface area contributed by atoms with Gasteiger partial charge in [-0.2, -0.15) is 5.10 Å². The number of anilines is 2. The van der Waals surface area contributed by atoms with Gasteiger partial charge >= 0.3 is 0 Å². The van der Waals surface area contributed by atoms with Crippen LogP contribution < -0.4 is 21.8 Å². The van der Waals surface area contributed by atoms with Crippen LogP contribution in [0.4, 0.5) is 11.4 Å². The highest BCUT2D eigenvalue weighted by Crippen LogP contribution is 2.34. The fraction of sp³-hybridized carbons (Fsp3) is 0.321. The number of piperidine rings is 1. The molecule has 0 bridgehead atoms. The zero-order valence-corrected chi connectivity index (χ0v) is 21.4. The number of hydrogen-bond acceptors (Lipinski definition) is 8. The third-order valence-corrected chi connectivity index (χ3v) is 7.17. The van der Waals surface area contributed by atoms with E-state index < -0.39 is 5.91 Å². The van der Waals surface area contributed by atoms with Gasteiger partial charge in [0.25, 0.3) is 5.91 Å². The Morgan fingerprint density at radius 1 is 1.16 bits per heavy atom. The van der Waals surface area contributed by atoms with Crippen LogP contribution in [0.15, 0.2) is 57.6 Å². The van der Waals surface area contributed by atoms with Gasteiger partial charge in [0.15, 0.2) is 11.6 Å². The molecule has 2 aromatic carbocycles. The van der Waals surface area contributed by atoms with Gasteiger partial charge in [-0.3, -0.25) is 10.2 Å². The monoisotopic (exact) mass is 499 g/mol. The summed E-state index contributed by atoms with van der Waals surface area (Å²) in [6.45, 7) is 7.22. The van der Waals surface area contributed by atoms with E-state index in [9.17, 15) is 4.79 Å². The number of aryl methyl sites for hydroxylation is 2. The number of amidine groups is 1. The summed E-state index contributed by atoms with van der Waals surface area (Å²) in [5.74, 6) is 0.606. The molecule has 2 aliphatic heterocycles. The highest BCUT2D eigenvalue weighted by Gasteiger charge is 2.29. The Bertz CT molecular complexity index is 1410. The molecule has 0 spiro atoms. The predicted octanol–water partition coefficient (Wildman–Crippen LogP) is 4.05. The van der Waals surface area contributed by atoms with E-state index in [1.165, 1.54) is 12.8 Å². The van der Waals surface area contributed by atoms with Crippen molar-refractivity contribution in [3.63, 3.8) is 0 Å². The minimum atomic E-state index is -0.624. The van der Waals surface area contributed by atoms with Crippen LogP contribution >= 0.6 is 0 Å². The van der Waals surface area contributed by atoms with Crippen molar-refractivity contribution >= 4 is 45.5 Å². The fourth-order valence-electron chi connectivity index (χ4n) is 4.87. The second-order valence-electron chi connectivity index (χ2n) is 9.95. The number of hydrazone groups is 1. The first-order valence-electron chi connectivity index (χ1n) is 12.6. The topological polar surface area (TPSA) is 132 Å². The maximum Gasteiger partial charge on any atom is 0.290 e. The number of nitrogens with one attached hydrogen (secondary N) is 4. The number of carbonyl (C=O) groups excluding carboxylic acids is 1. The molecule has 3 aromatic rings. The summed E-state index contributed by atoms with van der Waals surface area (Å²) in [5.41, 5.74) is 13.3. The molecular weight excluding hydrogens is 466 g/mol. The smallest absolute Gasteiger partial charge is 0.290 e. The van der Waals surface area contributed by atoms with E-state index in [0.717, 1.165) is 47.5 Å². The zero-order chi connectivity index (χ0) is 26.1. The van der Waals surface area contributed by atoms with E-state index in [0.29, 0.717) is 23.0 Å². The molecule has 1 amide bonds. The summed E-state index contributed by atoms with van der Waals surface area (Å²) in [6, 6.07) is 13.9. The molecular formula is C28H33N7O2. The van der Waals surface area contributed by atoms with Gasteiger partial charge in [0, 0.05) is 28.9 Å². The number of nitrogens with zero attached hydrogens (tertiary/aromatic N) is 2. The number of furan rings is 1. The van der Waals surface area contributed by atoms with Crippen LogP contribution in [0.2, 0.25) is 0 Å². The van der Waals surface area contributed by atoms with Crippen molar-refractivity contribution in [3.05, 3.63) is 64.9 Å². The van der Waals surface area contributed by atoms with Gasteiger partial charge in [-0.05, 0) is 89.1 Å². The van der Waals surface area contributed by atoms with Gasteiger partial charge in [0.2, 0.25) is 0 Å². The Morgan fingerprint density at radius 3 is 2.59 bits per heavy atom. The van der Waals surface area contributed by atoms with Gasteiger partial charge in [-0.15, -0.1) is 0 Å². The van der Waals surface area contributed by atoms with Crippen LogP contribution in [-0.4, -0.2) is 49.0 Å². The van der Waals surface area contributed by atoms with Crippen molar-refractivity contribution < 1.29 is 9.21 Å². The van der Waals surface area contributed by atoms with Crippen molar-refractivity contribution in [1.82, 2.24) is 10.3 Å². The van der Waals surface area contributed by atoms with Crippen molar-refractivity contribution in [2.45, 2.75) is 26.7 Å². The molecule has 0 atom stereocenters. The Kier molecular flexibility index (Phi) is 6.71. The van der Waals surface area contributed by atoms with E-state index in [-0.39, 0.29) is 17.1 Å². The Labute approximate surface area is 216 Å². The minimum Gasteiger partial charge on any atom is -0.454 e. The van der Waals surface area contributed by atoms with Crippen LogP contribution in [0, 0.1) is 25.2 Å². The Balaban J connectivity index is 1.45. The average Bonchev–Trinajstić information content (AvgIpc) is 3.21. The number of nitrogens with two attached hydrogens (primary N) is 1. The minimum absolute atomic E-state index is 0.0413. The normalized spacial score (nSPS) is 18.5. The quantitative estimate of drug-likeness (QED) is 0.348. The highest BCUT2D eigenvalue weighted by molar-refractivity contribution is 6.53. The van der Waals surface area contributed by atoms with Gasteiger partial charge < -0.3 is 25.7 Å². The summed E-state index contributed by atoms with van der Waals surface area (Å²) in [6.07, 6.45) is 2.41. The number of amides is 1. The SMILES string of the molecule is Cc1ccc2oc(/C(Nc3ccc(NCC4CCN(C)CC4)cc3)=C3/C(=N)C(=O)NN=C3N)c(C)c2c1. The van der Waals surface area contributed by atoms with E-state index in [1.54, 1.807) is 0 Å². The molecule has 9 heteroatoms. The second kappa shape index (κ2) is 10.1. The maximum atomic E-state index is 12.3. The lowest BCUT2D eigenvalue weighted by atomic mass is 9.97. The number of likely N-dealkylation sites (tertiary alicyclic amines) is 1. The molecule has 1 aromatic heterocycles. The van der Waals surface area contributed by atoms with Crippen molar-refractivity contribution in [2.24, 2.45) is 16.8 Å². The third-order valence-electron chi connectivity index (χ3n) is 7.17. The molecule has 6 N–H and O–H groups in total. The molecule has 192 valence electrons. The van der Waals surface area contributed by atoms with Crippen LogP contribution in [0.3, 0.4) is 0 Å². The number of hydrogen-bond donors (Lipinski definition) is 5. The van der Waals surface area contributed by atoms with Crippen LogP contribution in [0.25, 0.3) is 16.7 Å². The largest absolute Gasteiger partial charge is 0.454 e. The van der Waals surface area contributed by atoms with Crippen molar-refractivity contribution in [1.29, 1.82) is 5.41 Å². The zero-order valence-electron chi connectivity index (χ0n) is 21.4. The van der Waals surface area contributed by atoms with E-state index in [1.807, 2.05) is 50.2 Å². The van der Waals surface area contributed by atoms with Crippen molar-refractivity contribution in [2.75, 3.05) is 37.3 Å². The molecule has 0 unspecified atom stereocenters. The van der Waals surface area contributed by atoms with Gasteiger partial charge in [-0.1, -0.05) is 11.6 Å². The first kappa shape index (κ1) is 24.6. The average molecular weight is 500 g/mol. The molecule has 9 nitrogen and oxygen atoms in total. The molecule has 5 rings (SSSR count). The Morgan fingerprint density at radius 2 is 1.86 bits per heavy atom. The molecule has 2 aliphatic rings. The number of fused-ring (bicyclic) bond motifs is 1. The summed E-state index contributed by atoms with van der Waals surface area (Å²) in [4.78, 5) is 14.7. The van der Waals surface area contributed by atoms with E-state index in [4.69, 9.17) is 15.6 Å². The van der Waals surface area contributed by atoms with E-state index in [2.05, 4.69) is 39.2 Å². The predicted molar refractivity (Wildman–Crippen MR) is 149 cm³/mol. The molecule has 0 radical (unpaired) electrons. The number of carbonyl (C=O) groups is 1. The van der Waals surface area contributed by atoms with Crippen LogP contribution in [0.1, 0.15) is 29.7 Å². The van der Waals surface area contributed by atoms with Crippen LogP contribution in [-0.2, 0) is 4.79 Å². The molecule has 0 aliphatic carbocycles. The van der Waals surface area contributed by atoms with Gasteiger partial charge in [0.05, 0.1) is 11.3 Å². The highest BCUT2D eigenvalue weighted by atomic mass is 16.3. The van der Waals surface area contributed by atoms with Gasteiger partial charge in [-0.25, -0.2) is 5.43 Å². The lowest BCUT2D eigenvalue weighted by molar-refractivity contribution is -0.114. The molecule has 1 saturated heterocycles. The lowest BCUT2D eigenvalue weighted by Crippen LogP contribution is -2.40. The lowest BCUT2D eigenvalue weighted by Gasteiger charge is -2.29. The van der Waals surface area contributed by atoms with Gasteiger partial charge in [0.1, 0.15) is 11.3 Å². The maximum absolute atomic E-state index is 12.3.